The molecule has 2 aliphatic carbocycles. The van der Waals surface area contributed by atoms with E-state index in [0.29, 0.717) is 11.8 Å². The zero-order valence-corrected chi connectivity index (χ0v) is 13.3. The summed E-state index contributed by atoms with van der Waals surface area (Å²) in [5, 5.41) is 19.8. The molecule has 2 N–H and O–H groups in total. The van der Waals surface area contributed by atoms with E-state index in [1.165, 1.54) is 24.8 Å². The van der Waals surface area contributed by atoms with Crippen molar-refractivity contribution < 1.29 is 10.2 Å². The first-order valence-corrected chi connectivity index (χ1v) is 7.96. The number of fused-ring (bicyclic) bond motifs is 1. The average molecular weight is 268 g/mol. The lowest BCUT2D eigenvalue weighted by Crippen LogP contribution is -2.48. The molecule has 112 valence electrons. The van der Waals surface area contributed by atoms with Crippen LogP contribution in [0.4, 0.5) is 0 Å². The van der Waals surface area contributed by atoms with Crippen LogP contribution < -0.4 is 0 Å². The van der Waals surface area contributed by atoms with E-state index in [1.807, 2.05) is 13.8 Å². The molecule has 0 amide bonds. The quantitative estimate of drug-likeness (QED) is 0.748. The number of hydrogen-bond donors (Lipinski definition) is 2. The van der Waals surface area contributed by atoms with Crippen molar-refractivity contribution >= 4 is 0 Å². The molecule has 0 aromatic rings. The van der Waals surface area contributed by atoms with Crippen molar-refractivity contribution in [3.8, 4) is 0 Å². The Balaban J connectivity index is 0.000000861. The summed E-state index contributed by atoms with van der Waals surface area (Å²) in [7, 11) is 0. The molecule has 0 heterocycles. The van der Waals surface area contributed by atoms with Gasteiger partial charge in [-0.2, -0.15) is 0 Å². The minimum absolute atomic E-state index is 0.123. The second-order valence-electron chi connectivity index (χ2n) is 6.47. The van der Waals surface area contributed by atoms with Gasteiger partial charge in [-0.05, 0) is 56.8 Å². The summed E-state index contributed by atoms with van der Waals surface area (Å²) in [6.45, 7) is 10.2. The zero-order valence-electron chi connectivity index (χ0n) is 13.3. The van der Waals surface area contributed by atoms with E-state index in [1.54, 1.807) is 6.92 Å². The highest BCUT2D eigenvalue weighted by molar-refractivity contribution is 5.12. The molecular weight excluding hydrogens is 236 g/mol. The maximum Gasteiger partial charge on any atom is 0.0883 e. The van der Waals surface area contributed by atoms with E-state index in [2.05, 4.69) is 19.9 Å². The molecule has 0 aromatic heterocycles. The molecule has 0 saturated heterocycles. The van der Waals surface area contributed by atoms with Gasteiger partial charge < -0.3 is 10.2 Å². The molecule has 2 rings (SSSR count). The molecule has 19 heavy (non-hydrogen) atoms. The summed E-state index contributed by atoms with van der Waals surface area (Å²) in [6.07, 6.45) is 7.07. The SMILES string of the molecule is CC.CC1=C[C@H]2[C@@H](CC1)[C@H](C)CC[C@H]2C(C)(O)CO. The Kier molecular flexibility index (Phi) is 6.07. The van der Waals surface area contributed by atoms with Crippen LogP contribution in [0.15, 0.2) is 11.6 Å². The van der Waals surface area contributed by atoms with Crippen LogP contribution in [0.5, 0.6) is 0 Å². The normalized spacial score (nSPS) is 37.3. The zero-order chi connectivity index (χ0) is 14.6. The Labute approximate surface area is 118 Å². The Hall–Kier alpha value is -0.340. The Bertz CT molecular complexity index is 306. The fraction of sp³-hybridized carbons (Fsp3) is 0.882. The number of rotatable bonds is 2. The number of allylic oxidation sites excluding steroid dienone is 2. The molecule has 0 bridgehead atoms. The van der Waals surface area contributed by atoms with Crippen molar-refractivity contribution in [3.05, 3.63) is 11.6 Å². The van der Waals surface area contributed by atoms with Gasteiger partial charge in [0, 0.05) is 0 Å². The van der Waals surface area contributed by atoms with Gasteiger partial charge in [0.15, 0.2) is 0 Å². The third-order valence-electron chi connectivity index (χ3n) is 5.09. The van der Waals surface area contributed by atoms with E-state index in [0.717, 1.165) is 12.3 Å². The van der Waals surface area contributed by atoms with E-state index in [-0.39, 0.29) is 12.5 Å². The standard InChI is InChI=1S/C15H26O2.C2H6/c1-10-4-6-12-11(2)5-7-14(13(12)8-10)15(3,17)9-16;1-2/h8,11-14,16-17H,4-7,9H2,1-3H3;1-2H3/t11-,12+,13+,14-,15?;/m1./s1. The smallest absolute Gasteiger partial charge is 0.0883 e. The summed E-state index contributed by atoms with van der Waals surface area (Å²) in [5.74, 6) is 2.16. The van der Waals surface area contributed by atoms with Crippen LogP contribution in [0.3, 0.4) is 0 Å². The lowest BCUT2D eigenvalue weighted by atomic mass is 9.59. The predicted octanol–water partition coefficient (Wildman–Crippen LogP) is 3.77. The summed E-state index contributed by atoms with van der Waals surface area (Å²) in [5.41, 5.74) is 0.538. The van der Waals surface area contributed by atoms with Crippen molar-refractivity contribution in [2.24, 2.45) is 23.7 Å². The van der Waals surface area contributed by atoms with Gasteiger partial charge in [0.25, 0.3) is 0 Å². The van der Waals surface area contributed by atoms with E-state index < -0.39 is 5.60 Å². The highest BCUT2D eigenvalue weighted by Crippen LogP contribution is 2.48. The second kappa shape index (κ2) is 6.90. The van der Waals surface area contributed by atoms with E-state index >= 15 is 0 Å². The van der Waals surface area contributed by atoms with Crippen LogP contribution in [0.1, 0.15) is 60.3 Å². The predicted molar refractivity (Wildman–Crippen MR) is 80.9 cm³/mol. The highest BCUT2D eigenvalue weighted by Gasteiger charge is 2.45. The average Bonchev–Trinajstić information content (AvgIpc) is 2.41. The molecule has 2 heteroatoms. The van der Waals surface area contributed by atoms with Gasteiger partial charge in [0.1, 0.15) is 0 Å². The van der Waals surface area contributed by atoms with E-state index in [9.17, 15) is 10.2 Å². The van der Waals surface area contributed by atoms with Crippen LogP contribution in [-0.2, 0) is 0 Å². The summed E-state index contributed by atoms with van der Waals surface area (Å²) in [4.78, 5) is 0. The van der Waals surface area contributed by atoms with Gasteiger partial charge >= 0.3 is 0 Å². The summed E-state index contributed by atoms with van der Waals surface area (Å²) in [6, 6.07) is 0. The van der Waals surface area contributed by atoms with Crippen LogP contribution >= 0.6 is 0 Å². The van der Waals surface area contributed by atoms with Crippen molar-refractivity contribution in [2.45, 2.75) is 65.9 Å². The fourth-order valence-corrected chi connectivity index (χ4v) is 3.89. The van der Waals surface area contributed by atoms with Gasteiger partial charge in [-0.3, -0.25) is 0 Å². The summed E-state index contributed by atoms with van der Waals surface area (Å²) >= 11 is 0. The minimum Gasteiger partial charge on any atom is -0.393 e. The van der Waals surface area contributed by atoms with Gasteiger partial charge in [-0.1, -0.05) is 38.8 Å². The Morgan fingerprint density at radius 2 is 1.89 bits per heavy atom. The molecule has 0 spiro atoms. The third kappa shape index (κ3) is 3.61. The largest absolute Gasteiger partial charge is 0.393 e. The third-order valence-corrected chi connectivity index (χ3v) is 5.09. The topological polar surface area (TPSA) is 40.5 Å². The maximum atomic E-state index is 10.4. The lowest BCUT2D eigenvalue weighted by Gasteiger charge is -2.48. The molecule has 2 aliphatic rings. The first kappa shape index (κ1) is 16.7. The van der Waals surface area contributed by atoms with Crippen molar-refractivity contribution in [1.82, 2.24) is 0 Å². The number of aliphatic hydroxyl groups excluding tert-OH is 1. The van der Waals surface area contributed by atoms with Crippen LogP contribution in [0.25, 0.3) is 0 Å². The monoisotopic (exact) mass is 268 g/mol. The van der Waals surface area contributed by atoms with Crippen LogP contribution in [-0.4, -0.2) is 22.4 Å². The molecule has 2 nitrogen and oxygen atoms in total. The molecule has 0 radical (unpaired) electrons. The van der Waals surface area contributed by atoms with Gasteiger partial charge in [0.05, 0.1) is 12.2 Å². The molecule has 0 aliphatic heterocycles. The first-order chi connectivity index (χ1) is 8.95. The molecule has 1 fully saturated rings. The maximum absolute atomic E-state index is 10.4. The molecule has 0 aromatic carbocycles. The Morgan fingerprint density at radius 1 is 1.26 bits per heavy atom. The molecule has 1 unspecified atom stereocenters. The van der Waals surface area contributed by atoms with Crippen LogP contribution in [0, 0.1) is 23.7 Å². The minimum atomic E-state index is -0.919. The Morgan fingerprint density at radius 3 is 2.47 bits per heavy atom. The van der Waals surface area contributed by atoms with E-state index in [4.69, 9.17) is 0 Å². The fourth-order valence-electron chi connectivity index (χ4n) is 3.89. The molecule has 5 atom stereocenters. The van der Waals surface area contributed by atoms with Crippen LogP contribution in [0.2, 0.25) is 0 Å². The molecular formula is C17H32O2. The highest BCUT2D eigenvalue weighted by atomic mass is 16.3. The van der Waals surface area contributed by atoms with Gasteiger partial charge in [-0.15, -0.1) is 0 Å². The number of aliphatic hydroxyl groups is 2. The van der Waals surface area contributed by atoms with Crippen molar-refractivity contribution in [3.63, 3.8) is 0 Å². The number of hydrogen-bond acceptors (Lipinski definition) is 2. The lowest BCUT2D eigenvalue weighted by molar-refractivity contribution is -0.0896. The molecule has 1 saturated carbocycles. The van der Waals surface area contributed by atoms with Crippen molar-refractivity contribution in [2.75, 3.05) is 6.61 Å². The van der Waals surface area contributed by atoms with Gasteiger partial charge in [-0.25, -0.2) is 0 Å². The first-order valence-electron chi connectivity index (χ1n) is 7.96. The second-order valence-corrected chi connectivity index (χ2v) is 6.47. The van der Waals surface area contributed by atoms with Gasteiger partial charge in [0.2, 0.25) is 0 Å². The van der Waals surface area contributed by atoms with Crippen molar-refractivity contribution in [1.29, 1.82) is 0 Å². The summed E-state index contributed by atoms with van der Waals surface area (Å²) < 4.78 is 0.